The lowest BCUT2D eigenvalue weighted by molar-refractivity contribution is -0.135. The first-order valence-corrected chi connectivity index (χ1v) is 31.2. The van der Waals surface area contributed by atoms with E-state index < -0.39 is 35.5 Å². The molecule has 0 aromatic heterocycles. The van der Waals surface area contributed by atoms with Crippen LogP contribution < -0.4 is 44.6 Å². The molecule has 0 saturated carbocycles. The number of carbonyl (C=O) groups is 8. The Labute approximate surface area is 532 Å². The number of fused-ring (bicyclic) bond motifs is 2. The largest absolute Gasteiger partial charge is 0.399 e. The van der Waals surface area contributed by atoms with Gasteiger partial charge in [0, 0.05) is 127 Å². The highest BCUT2D eigenvalue weighted by molar-refractivity contribution is 5.98. The monoisotopic (exact) mass is 1220 g/mol. The van der Waals surface area contributed by atoms with E-state index in [0.717, 1.165) is 44.5 Å². The van der Waals surface area contributed by atoms with Crippen LogP contribution >= 0.6 is 0 Å². The number of nitrogens with one attached hydrogen (secondary N) is 1. The lowest BCUT2D eigenvalue weighted by Crippen LogP contribution is -2.33. The quantitative estimate of drug-likeness (QED) is 0.0112. The summed E-state index contributed by atoms with van der Waals surface area (Å²) in [5, 5.41) is 2.92. The van der Waals surface area contributed by atoms with Gasteiger partial charge in [0.25, 0.3) is 0 Å². The number of carbonyl (C=O) groups excluding carboxylic acids is 8. The molecule has 8 rings (SSSR count). The number of primary amides is 1. The van der Waals surface area contributed by atoms with Crippen molar-refractivity contribution in [2.45, 2.75) is 109 Å². The van der Waals surface area contributed by atoms with Crippen molar-refractivity contribution in [3.63, 3.8) is 0 Å². The highest BCUT2D eigenvalue weighted by atomic mass is 16.2. The summed E-state index contributed by atoms with van der Waals surface area (Å²) in [5.74, 6) is -0.568. The van der Waals surface area contributed by atoms with E-state index in [1.807, 2.05) is 60.7 Å². The van der Waals surface area contributed by atoms with Gasteiger partial charge in [0.2, 0.25) is 17.7 Å². The Morgan fingerprint density at radius 3 is 1.19 bits per heavy atom. The van der Waals surface area contributed by atoms with Crippen molar-refractivity contribution in [2.75, 3.05) is 40.1 Å². The number of nitrogen functional groups attached to an aromatic ring is 5. The summed E-state index contributed by atoms with van der Waals surface area (Å²) in [7, 11) is 0. The van der Waals surface area contributed by atoms with Crippen molar-refractivity contribution in [3.05, 3.63) is 214 Å². The zero-order valence-corrected chi connectivity index (χ0v) is 51.5. The van der Waals surface area contributed by atoms with Crippen molar-refractivity contribution in [2.24, 2.45) is 35.3 Å². The summed E-state index contributed by atoms with van der Waals surface area (Å²) in [5.41, 5.74) is 45.7. The van der Waals surface area contributed by atoms with E-state index in [1.54, 1.807) is 114 Å². The van der Waals surface area contributed by atoms with Gasteiger partial charge in [-0.05, 0) is 157 Å². The fourth-order valence-corrected chi connectivity index (χ4v) is 11.7. The predicted molar refractivity (Wildman–Crippen MR) is 358 cm³/mol. The molecule has 0 fully saturated rings. The molecule has 470 valence electrons. The van der Waals surface area contributed by atoms with E-state index in [2.05, 4.69) is 17.2 Å². The Morgan fingerprint density at radius 1 is 0.396 bits per heavy atom. The number of nitrogens with two attached hydrogens (primary N) is 6. The molecule has 0 radical (unpaired) electrons. The zero-order chi connectivity index (χ0) is 64.8. The van der Waals surface area contributed by atoms with E-state index in [1.165, 1.54) is 0 Å². The third-order valence-corrected chi connectivity index (χ3v) is 17.0. The lowest BCUT2D eigenvalue weighted by atomic mass is 9.77. The molecule has 13 N–H and O–H groups in total. The van der Waals surface area contributed by atoms with Crippen molar-refractivity contribution < 1.29 is 38.4 Å². The maximum Gasteiger partial charge on any atom is 0.227 e. The molecule has 0 bridgehead atoms. The molecule has 1 aliphatic heterocycles. The molecule has 7 aromatic carbocycles. The predicted octanol–water partition coefficient (Wildman–Crippen LogP) is 9.88. The molecule has 5 atom stereocenters. The average Bonchev–Trinajstić information content (AvgIpc) is 0.932. The molecular formula is C75H82N8O8. The number of para-hydroxylation sites is 1. The number of ketones is 5. The fourth-order valence-electron chi connectivity index (χ4n) is 11.7. The summed E-state index contributed by atoms with van der Waals surface area (Å²) in [4.78, 5) is 115. The molecule has 91 heavy (non-hydrogen) atoms. The van der Waals surface area contributed by atoms with Gasteiger partial charge < -0.3 is 44.6 Å². The molecule has 16 nitrogen and oxygen atoms in total. The minimum atomic E-state index is -0.943. The maximum atomic E-state index is 15.2. The van der Waals surface area contributed by atoms with Gasteiger partial charge in [-0.25, -0.2) is 0 Å². The smallest absolute Gasteiger partial charge is 0.227 e. The second-order valence-electron chi connectivity index (χ2n) is 24.1. The summed E-state index contributed by atoms with van der Waals surface area (Å²) >= 11 is 0. The van der Waals surface area contributed by atoms with Crippen LogP contribution in [0.3, 0.4) is 0 Å². The zero-order valence-electron chi connectivity index (χ0n) is 51.5. The topological polar surface area (TPSA) is 308 Å². The Bertz CT molecular complexity index is 3740. The first-order valence-electron chi connectivity index (χ1n) is 31.2. The molecule has 7 aromatic rings. The second kappa shape index (κ2) is 32.9. The Balaban J connectivity index is 0.930. The first kappa shape index (κ1) is 66.8. The van der Waals surface area contributed by atoms with Crippen molar-refractivity contribution in [3.8, 4) is 11.8 Å². The van der Waals surface area contributed by atoms with Crippen LogP contribution in [0, 0.1) is 41.4 Å². The van der Waals surface area contributed by atoms with Crippen LogP contribution in [-0.2, 0) is 77.0 Å². The molecular weight excluding hydrogens is 1140 g/mol. The van der Waals surface area contributed by atoms with Gasteiger partial charge in [-0.15, -0.1) is 0 Å². The van der Waals surface area contributed by atoms with Crippen LogP contribution in [0.1, 0.15) is 115 Å². The SMILES string of the molecule is NC(=O)C(CC(=O)C(CC(=O)C(CC(=O)C(CC(=O)C(CC(=O)CCCCCNC(=O)CCC(=O)N1Cc2ccccc2C#Cc2ccccc21)Cc1ccc(N)cc1)Cc1ccc(N)cc1)Cc1ccc(N)cc1)Cc1ccc(N)cc1)Cc1ccc(N)cc1. The molecule has 1 heterocycles. The highest BCUT2D eigenvalue weighted by Gasteiger charge is 2.35. The standard InChI is InChI=1S/C75H82N8O8/c76-62-25-13-49(14-26-62)38-57(43-67(84)11-2-1-7-37-82-73(89)35-36-74(90)83-48-56-10-4-3-8-54(56)23-24-55-9-5-6-12-68(55)83)69(85)44-58(39-50-15-27-63(77)28-16-50)70(86)45-59(40-51-17-29-64(78)30-18-51)71(87)46-60(41-52-19-31-65(79)32-20-52)72(88)47-61(75(81)91)42-53-21-33-66(80)34-22-53/h3-6,8-10,12-22,25-34,57-61H,1-2,7,11,35-48,76-80H2,(H2,81,91)(H,82,89). The van der Waals surface area contributed by atoms with Crippen LogP contribution in [0.5, 0.6) is 0 Å². The van der Waals surface area contributed by atoms with Crippen LogP contribution in [-0.4, -0.2) is 53.2 Å². The summed E-state index contributed by atoms with van der Waals surface area (Å²) in [6, 6.07) is 50.3. The minimum Gasteiger partial charge on any atom is -0.399 e. The van der Waals surface area contributed by atoms with Crippen LogP contribution in [0.4, 0.5) is 34.1 Å². The van der Waals surface area contributed by atoms with Gasteiger partial charge in [-0.2, -0.15) is 0 Å². The minimum absolute atomic E-state index is 0.00481. The number of amides is 3. The van der Waals surface area contributed by atoms with E-state index in [-0.39, 0.29) is 124 Å². The van der Waals surface area contributed by atoms with E-state index in [9.17, 15) is 28.8 Å². The fraction of sp³-hybridized carbons (Fsp3) is 0.307. The maximum absolute atomic E-state index is 15.2. The summed E-state index contributed by atoms with van der Waals surface area (Å²) in [6.45, 7) is 0.689. The van der Waals surface area contributed by atoms with Gasteiger partial charge in [0.15, 0.2) is 0 Å². The third kappa shape index (κ3) is 20.7. The number of unbranched alkanes of at least 4 members (excludes halogenated alkanes) is 2. The molecule has 0 saturated heterocycles. The molecule has 5 unspecified atom stereocenters. The molecule has 16 heteroatoms. The van der Waals surface area contributed by atoms with Gasteiger partial charge in [-0.1, -0.05) is 109 Å². The number of nitrogens with zero attached hydrogens (tertiary/aromatic N) is 1. The van der Waals surface area contributed by atoms with E-state index in [4.69, 9.17) is 34.4 Å². The first-order chi connectivity index (χ1) is 43.8. The Kier molecular flexibility index (Phi) is 24.2. The molecule has 3 amide bonds. The number of Topliss-reactive ketones (excluding diaryl/α,β-unsaturated/α-hetero) is 5. The Morgan fingerprint density at radius 2 is 0.758 bits per heavy atom. The number of hydrogen-bond donors (Lipinski definition) is 7. The second-order valence-corrected chi connectivity index (χ2v) is 24.1. The third-order valence-electron chi connectivity index (χ3n) is 17.0. The number of hydrogen-bond acceptors (Lipinski definition) is 13. The van der Waals surface area contributed by atoms with Crippen LogP contribution in [0.15, 0.2) is 170 Å². The molecule has 1 aliphatic rings. The molecule has 0 aliphatic carbocycles. The number of anilines is 6. The van der Waals surface area contributed by atoms with Crippen molar-refractivity contribution >= 4 is 80.8 Å². The number of benzene rings is 7. The van der Waals surface area contributed by atoms with Crippen molar-refractivity contribution in [1.29, 1.82) is 0 Å². The van der Waals surface area contributed by atoms with Crippen LogP contribution in [0.2, 0.25) is 0 Å². The van der Waals surface area contributed by atoms with Crippen molar-refractivity contribution in [1.82, 2.24) is 5.32 Å². The summed E-state index contributed by atoms with van der Waals surface area (Å²) in [6.07, 6.45) is 1.69. The normalized spacial score (nSPS) is 13.3. The van der Waals surface area contributed by atoms with Gasteiger partial charge in [0.05, 0.1) is 12.2 Å². The van der Waals surface area contributed by atoms with E-state index in [0.29, 0.717) is 66.5 Å². The van der Waals surface area contributed by atoms with Crippen LogP contribution in [0.25, 0.3) is 0 Å². The van der Waals surface area contributed by atoms with Gasteiger partial charge >= 0.3 is 0 Å². The number of rotatable bonds is 34. The van der Waals surface area contributed by atoms with Gasteiger partial charge in [-0.3, -0.25) is 38.4 Å². The lowest BCUT2D eigenvalue weighted by Gasteiger charge is -2.26. The van der Waals surface area contributed by atoms with Gasteiger partial charge in [0.1, 0.15) is 28.9 Å². The highest BCUT2D eigenvalue weighted by Crippen LogP contribution is 2.31. The summed E-state index contributed by atoms with van der Waals surface area (Å²) < 4.78 is 0. The van der Waals surface area contributed by atoms with E-state index >= 15 is 9.59 Å². The average molecular weight is 1220 g/mol. The molecule has 0 spiro atoms. The Hall–Kier alpha value is -10.1.